The molecule has 1 N–H and O–H groups in total. The normalized spacial score (nSPS) is 9.62. The molecular formula is C18H18Br2O4. The topological polar surface area (TPSA) is 63.6 Å². The predicted octanol–water partition coefficient (Wildman–Crippen LogP) is 5.55. The van der Waals surface area contributed by atoms with Gasteiger partial charge in [0.15, 0.2) is 0 Å². The van der Waals surface area contributed by atoms with E-state index in [0.29, 0.717) is 17.7 Å². The third-order valence-electron chi connectivity index (χ3n) is 2.90. The van der Waals surface area contributed by atoms with Gasteiger partial charge in [-0.05, 0) is 55.0 Å². The molecule has 0 radical (unpaired) electrons. The van der Waals surface area contributed by atoms with E-state index in [9.17, 15) is 9.59 Å². The molecule has 6 heteroatoms. The summed E-state index contributed by atoms with van der Waals surface area (Å²) >= 11 is 6.51. The van der Waals surface area contributed by atoms with E-state index in [2.05, 4.69) is 38.8 Å². The van der Waals surface area contributed by atoms with E-state index in [1.807, 2.05) is 12.1 Å². The first-order valence-electron chi connectivity index (χ1n) is 7.35. The van der Waals surface area contributed by atoms with Crippen LogP contribution < -0.4 is 0 Å². The van der Waals surface area contributed by atoms with E-state index in [1.165, 1.54) is 0 Å². The number of carboxylic acid groups (broad SMARTS) is 1. The molecule has 0 saturated heterocycles. The molecule has 0 aliphatic heterocycles. The molecule has 2 aromatic rings. The summed E-state index contributed by atoms with van der Waals surface area (Å²) in [4.78, 5) is 21.7. The number of halogens is 2. The number of esters is 1. The molecule has 0 unspecified atom stereocenters. The number of carbonyl (C=O) groups is 2. The molecule has 0 spiro atoms. The molecule has 0 aliphatic rings. The average Bonchev–Trinajstić information content (AvgIpc) is 2.56. The lowest BCUT2D eigenvalue weighted by molar-refractivity contribution is 0.0499. The number of rotatable bonds is 5. The molecular weight excluding hydrogens is 440 g/mol. The minimum absolute atomic E-state index is 0.244. The van der Waals surface area contributed by atoms with Crippen molar-refractivity contribution in [2.75, 3.05) is 6.61 Å². The maximum Gasteiger partial charge on any atom is 0.338 e. The van der Waals surface area contributed by atoms with E-state index >= 15 is 0 Å². The summed E-state index contributed by atoms with van der Waals surface area (Å²) < 4.78 is 6.90. The van der Waals surface area contributed by atoms with E-state index in [-0.39, 0.29) is 5.97 Å². The fourth-order valence-electron chi connectivity index (χ4n) is 1.57. The molecule has 24 heavy (non-hydrogen) atoms. The van der Waals surface area contributed by atoms with Crippen molar-refractivity contribution in [1.82, 2.24) is 0 Å². The Morgan fingerprint density at radius 2 is 1.38 bits per heavy atom. The van der Waals surface area contributed by atoms with Crippen LogP contribution in [0.4, 0.5) is 0 Å². The number of carbonyl (C=O) groups excluding carboxylic acids is 1. The predicted molar refractivity (Wildman–Crippen MR) is 100 cm³/mol. The lowest BCUT2D eigenvalue weighted by Crippen LogP contribution is -2.05. The van der Waals surface area contributed by atoms with Crippen LogP contribution in [-0.2, 0) is 4.74 Å². The lowest BCUT2D eigenvalue weighted by atomic mass is 10.2. The van der Waals surface area contributed by atoms with Gasteiger partial charge in [0.05, 0.1) is 17.7 Å². The minimum atomic E-state index is -0.896. The maximum atomic E-state index is 11.4. The summed E-state index contributed by atoms with van der Waals surface area (Å²) in [5, 5.41) is 8.46. The molecule has 2 aromatic carbocycles. The third-order valence-corrected chi connectivity index (χ3v) is 3.96. The molecule has 0 atom stereocenters. The maximum absolute atomic E-state index is 11.4. The van der Waals surface area contributed by atoms with Gasteiger partial charge in [0, 0.05) is 8.95 Å². The highest BCUT2D eigenvalue weighted by molar-refractivity contribution is 9.10. The molecule has 0 bridgehead atoms. The number of hydrogen-bond donors (Lipinski definition) is 1. The quantitative estimate of drug-likeness (QED) is 0.472. The van der Waals surface area contributed by atoms with Gasteiger partial charge in [0.1, 0.15) is 0 Å². The Bertz CT molecular complexity index is 652. The van der Waals surface area contributed by atoms with Gasteiger partial charge < -0.3 is 9.84 Å². The second-order valence-electron chi connectivity index (χ2n) is 4.81. The van der Waals surface area contributed by atoms with Crippen molar-refractivity contribution < 1.29 is 19.4 Å². The molecule has 0 aliphatic carbocycles. The summed E-state index contributed by atoms with van der Waals surface area (Å²) in [5.74, 6) is -1.14. The number of ether oxygens (including phenoxy) is 1. The van der Waals surface area contributed by atoms with Crippen molar-refractivity contribution in [2.45, 2.75) is 19.8 Å². The number of benzene rings is 2. The molecule has 0 saturated carbocycles. The third kappa shape index (κ3) is 7.75. The Morgan fingerprint density at radius 3 is 1.79 bits per heavy atom. The number of aromatic carboxylic acids is 1. The number of unbranched alkanes of at least 4 members (excludes halogenated alkanes) is 1. The van der Waals surface area contributed by atoms with Crippen molar-refractivity contribution in [3.8, 4) is 0 Å². The highest BCUT2D eigenvalue weighted by Gasteiger charge is 2.05. The summed E-state index contributed by atoms with van der Waals surface area (Å²) in [6.07, 6.45) is 1.95. The molecule has 2 rings (SSSR count). The van der Waals surface area contributed by atoms with Crippen molar-refractivity contribution in [3.05, 3.63) is 68.6 Å². The zero-order valence-corrected chi connectivity index (χ0v) is 16.3. The summed E-state index contributed by atoms with van der Waals surface area (Å²) in [6.45, 7) is 2.57. The van der Waals surface area contributed by atoms with E-state index < -0.39 is 5.97 Å². The van der Waals surface area contributed by atoms with Gasteiger partial charge in [0.2, 0.25) is 0 Å². The second-order valence-corrected chi connectivity index (χ2v) is 6.64. The van der Waals surface area contributed by atoms with Gasteiger partial charge in [-0.1, -0.05) is 45.2 Å². The van der Waals surface area contributed by atoms with Crippen LogP contribution in [0, 0.1) is 0 Å². The van der Waals surface area contributed by atoms with Crippen molar-refractivity contribution in [1.29, 1.82) is 0 Å². The Morgan fingerprint density at radius 1 is 0.917 bits per heavy atom. The summed E-state index contributed by atoms with van der Waals surface area (Å²) in [6, 6.07) is 13.6. The Labute approximate surface area is 158 Å². The fourth-order valence-corrected chi connectivity index (χ4v) is 2.10. The number of carboxylic acids is 1. The van der Waals surface area contributed by atoms with Crippen molar-refractivity contribution in [3.63, 3.8) is 0 Å². The van der Waals surface area contributed by atoms with Gasteiger partial charge in [-0.25, -0.2) is 9.59 Å². The van der Waals surface area contributed by atoms with Crippen LogP contribution in [0.2, 0.25) is 0 Å². The van der Waals surface area contributed by atoms with Gasteiger partial charge in [-0.3, -0.25) is 0 Å². The van der Waals surface area contributed by atoms with Crippen molar-refractivity contribution >= 4 is 43.8 Å². The van der Waals surface area contributed by atoms with Crippen molar-refractivity contribution in [2.24, 2.45) is 0 Å². The van der Waals surface area contributed by atoms with Gasteiger partial charge in [0.25, 0.3) is 0 Å². The van der Waals surface area contributed by atoms with Gasteiger partial charge >= 0.3 is 11.9 Å². The molecule has 0 heterocycles. The fraction of sp³-hybridized carbons (Fsp3) is 0.222. The van der Waals surface area contributed by atoms with E-state index in [1.54, 1.807) is 36.4 Å². The highest BCUT2D eigenvalue weighted by atomic mass is 79.9. The molecule has 0 aromatic heterocycles. The SMILES string of the molecule is CCCCOC(=O)c1ccc(Br)cc1.O=C(O)c1ccc(Br)cc1. The Kier molecular flexibility index (Phi) is 9.34. The van der Waals surface area contributed by atoms with E-state index in [0.717, 1.165) is 21.8 Å². The first-order valence-corrected chi connectivity index (χ1v) is 8.94. The first-order chi connectivity index (χ1) is 11.4. The second kappa shape index (κ2) is 11.0. The van der Waals surface area contributed by atoms with Crippen LogP contribution in [0.3, 0.4) is 0 Å². The van der Waals surface area contributed by atoms with Crippen LogP contribution in [0.25, 0.3) is 0 Å². The van der Waals surface area contributed by atoms with E-state index in [4.69, 9.17) is 9.84 Å². The molecule has 4 nitrogen and oxygen atoms in total. The zero-order chi connectivity index (χ0) is 17.9. The Hall–Kier alpha value is -1.66. The van der Waals surface area contributed by atoms with Crippen LogP contribution in [0.5, 0.6) is 0 Å². The van der Waals surface area contributed by atoms with Gasteiger partial charge in [-0.15, -0.1) is 0 Å². The largest absolute Gasteiger partial charge is 0.478 e. The Balaban J connectivity index is 0.000000254. The molecule has 128 valence electrons. The molecule has 0 amide bonds. The minimum Gasteiger partial charge on any atom is -0.478 e. The smallest absolute Gasteiger partial charge is 0.338 e. The van der Waals surface area contributed by atoms with Gasteiger partial charge in [-0.2, -0.15) is 0 Å². The summed E-state index contributed by atoms with van der Waals surface area (Å²) in [5.41, 5.74) is 0.910. The average molecular weight is 458 g/mol. The lowest BCUT2D eigenvalue weighted by Gasteiger charge is -2.03. The van der Waals surface area contributed by atoms with Crippen LogP contribution in [0.1, 0.15) is 40.5 Å². The highest BCUT2D eigenvalue weighted by Crippen LogP contribution is 2.11. The first kappa shape index (κ1) is 20.4. The number of hydrogen-bond acceptors (Lipinski definition) is 3. The standard InChI is InChI=1S/C11H13BrO2.C7H5BrO2/c1-2-3-8-14-11(13)9-4-6-10(12)7-5-9;8-6-3-1-5(2-4-6)7(9)10/h4-7H,2-3,8H2,1H3;1-4H,(H,9,10). The molecule has 0 fully saturated rings. The van der Waals surface area contributed by atoms with Crippen LogP contribution in [-0.4, -0.2) is 23.7 Å². The summed E-state index contributed by atoms with van der Waals surface area (Å²) in [7, 11) is 0. The van der Waals surface area contributed by atoms with Crippen LogP contribution in [0.15, 0.2) is 57.5 Å². The monoisotopic (exact) mass is 456 g/mol. The van der Waals surface area contributed by atoms with Crippen LogP contribution >= 0.6 is 31.9 Å². The zero-order valence-electron chi connectivity index (χ0n) is 13.2.